The van der Waals surface area contributed by atoms with Gasteiger partial charge in [0.25, 0.3) is 0 Å². The summed E-state index contributed by atoms with van der Waals surface area (Å²) in [6, 6.07) is 3.92. The highest BCUT2D eigenvalue weighted by Gasteiger charge is 2.53. The molecular formula is C17H19BFNO2S. The number of pyridine rings is 1. The molecule has 0 aromatic carbocycles. The third-order valence-electron chi connectivity index (χ3n) is 4.40. The molecule has 0 spiro atoms. The Kier molecular flexibility index (Phi) is 4.17. The number of nitrogens with zero attached hydrogens (tertiary/aromatic N) is 1. The van der Waals surface area contributed by atoms with Crippen LogP contribution in [0.25, 0.3) is 17.2 Å². The maximum Gasteiger partial charge on any atom is 0.525 e. The summed E-state index contributed by atoms with van der Waals surface area (Å²) in [4.78, 5) is 4.19. The second-order valence-corrected chi connectivity index (χ2v) is 7.42. The molecule has 3 heterocycles. The molecule has 0 bridgehead atoms. The third-order valence-corrected chi connectivity index (χ3v) is 5.08. The first-order valence-corrected chi connectivity index (χ1v) is 8.43. The van der Waals surface area contributed by atoms with E-state index in [0.29, 0.717) is 5.56 Å². The van der Waals surface area contributed by atoms with E-state index in [1.165, 1.54) is 6.08 Å². The van der Waals surface area contributed by atoms with E-state index in [0.717, 1.165) is 11.1 Å². The largest absolute Gasteiger partial charge is 0.525 e. The van der Waals surface area contributed by atoms with Crippen LogP contribution in [0.4, 0.5) is 4.39 Å². The predicted molar refractivity (Wildman–Crippen MR) is 92.7 cm³/mol. The fourth-order valence-corrected chi connectivity index (χ4v) is 2.97. The molecule has 0 saturated carbocycles. The van der Waals surface area contributed by atoms with Crippen molar-refractivity contribution in [1.29, 1.82) is 0 Å². The second kappa shape index (κ2) is 5.85. The topological polar surface area (TPSA) is 31.4 Å². The van der Waals surface area contributed by atoms with Gasteiger partial charge in [-0.2, -0.15) is 11.3 Å². The summed E-state index contributed by atoms with van der Waals surface area (Å²) in [5.74, 6) is 0. The molecule has 2 aromatic rings. The van der Waals surface area contributed by atoms with Gasteiger partial charge >= 0.3 is 7.12 Å². The van der Waals surface area contributed by atoms with Gasteiger partial charge in [-0.3, -0.25) is 4.98 Å². The molecule has 0 aliphatic carbocycles. The Bertz CT molecular complexity index is 712. The summed E-state index contributed by atoms with van der Waals surface area (Å²) in [7, 11) is -0.982. The average Bonchev–Trinajstić information content (AvgIpc) is 3.06. The summed E-state index contributed by atoms with van der Waals surface area (Å²) in [6.45, 7) is 7.61. The molecule has 0 N–H and O–H groups in total. The van der Waals surface area contributed by atoms with Gasteiger partial charge in [-0.05, 0) is 67.8 Å². The van der Waals surface area contributed by atoms with Gasteiger partial charge in [-0.25, -0.2) is 4.39 Å². The molecule has 6 heteroatoms. The first kappa shape index (κ1) is 16.4. The number of aromatic nitrogens is 1. The molecule has 1 saturated heterocycles. The molecule has 23 heavy (non-hydrogen) atoms. The van der Waals surface area contributed by atoms with Gasteiger partial charge in [0.05, 0.1) is 11.2 Å². The average molecular weight is 331 g/mol. The van der Waals surface area contributed by atoms with E-state index in [4.69, 9.17) is 9.31 Å². The molecule has 1 fully saturated rings. The van der Waals surface area contributed by atoms with Crippen LogP contribution >= 0.6 is 11.3 Å². The Morgan fingerprint density at radius 3 is 2.48 bits per heavy atom. The minimum atomic E-state index is -0.982. The van der Waals surface area contributed by atoms with Crippen molar-refractivity contribution in [2.45, 2.75) is 38.9 Å². The van der Waals surface area contributed by atoms with Gasteiger partial charge < -0.3 is 9.31 Å². The molecule has 0 atom stereocenters. The first-order valence-electron chi connectivity index (χ1n) is 7.49. The van der Waals surface area contributed by atoms with Gasteiger partial charge in [-0.1, -0.05) is 0 Å². The fourth-order valence-electron chi connectivity index (χ4n) is 2.31. The second-order valence-electron chi connectivity index (χ2n) is 6.64. The lowest BCUT2D eigenvalue weighted by atomic mass is 9.87. The minimum Gasteiger partial charge on any atom is -0.398 e. The Balaban J connectivity index is 1.84. The highest BCUT2D eigenvalue weighted by atomic mass is 32.1. The van der Waals surface area contributed by atoms with Crippen molar-refractivity contribution in [3.05, 3.63) is 46.6 Å². The van der Waals surface area contributed by atoms with E-state index in [2.05, 4.69) is 4.98 Å². The molecule has 0 unspecified atom stereocenters. The minimum absolute atomic E-state index is 0.451. The van der Waals surface area contributed by atoms with Crippen LogP contribution in [0.2, 0.25) is 0 Å². The van der Waals surface area contributed by atoms with E-state index in [1.807, 2.05) is 50.6 Å². The zero-order valence-corrected chi connectivity index (χ0v) is 14.5. The number of thiophene rings is 1. The zero-order chi connectivity index (χ0) is 16.7. The predicted octanol–water partition coefficient (Wildman–Crippen LogP) is 4.75. The lowest BCUT2D eigenvalue weighted by Gasteiger charge is -2.32. The van der Waals surface area contributed by atoms with Crippen LogP contribution in [-0.2, 0) is 9.31 Å². The molecule has 2 aromatic heterocycles. The van der Waals surface area contributed by atoms with Gasteiger partial charge in [0.15, 0.2) is 0 Å². The van der Waals surface area contributed by atoms with Crippen LogP contribution in [0, 0.1) is 0 Å². The lowest BCUT2D eigenvalue weighted by Crippen LogP contribution is -2.41. The maximum atomic E-state index is 14.5. The van der Waals surface area contributed by atoms with Crippen LogP contribution in [0.1, 0.15) is 33.3 Å². The summed E-state index contributed by atoms with van der Waals surface area (Å²) in [6.07, 6.45) is 4.82. The van der Waals surface area contributed by atoms with E-state index in [1.54, 1.807) is 23.7 Å². The van der Waals surface area contributed by atoms with E-state index >= 15 is 0 Å². The monoisotopic (exact) mass is 331 g/mol. The lowest BCUT2D eigenvalue weighted by molar-refractivity contribution is 0.00578. The molecule has 0 radical (unpaired) electrons. The van der Waals surface area contributed by atoms with Crippen LogP contribution in [-0.4, -0.2) is 23.3 Å². The van der Waals surface area contributed by atoms with Crippen molar-refractivity contribution in [3.8, 4) is 11.1 Å². The van der Waals surface area contributed by atoms with Crippen LogP contribution in [0.3, 0.4) is 0 Å². The van der Waals surface area contributed by atoms with Gasteiger partial charge in [0, 0.05) is 18.0 Å². The van der Waals surface area contributed by atoms with Crippen molar-refractivity contribution >= 4 is 24.5 Å². The van der Waals surface area contributed by atoms with Crippen LogP contribution in [0.15, 0.2) is 41.0 Å². The van der Waals surface area contributed by atoms with E-state index < -0.39 is 24.0 Å². The van der Waals surface area contributed by atoms with Crippen molar-refractivity contribution in [3.63, 3.8) is 0 Å². The number of hydrogen-bond acceptors (Lipinski definition) is 4. The highest BCUT2D eigenvalue weighted by molar-refractivity contribution is 7.08. The standard InChI is InChI=1S/C17H19BFNO2S/c1-16(2)17(3,4)22-18(21-16)15(19)8-12-7-14(10-20-9-12)13-5-6-23-11-13/h5-11H,1-4H3. The molecule has 3 rings (SSSR count). The summed E-state index contributed by atoms with van der Waals surface area (Å²) < 4.78 is 26.0. The number of rotatable bonds is 3. The summed E-state index contributed by atoms with van der Waals surface area (Å²) >= 11 is 1.62. The van der Waals surface area contributed by atoms with Gasteiger partial charge in [0.1, 0.15) is 5.73 Å². The molecule has 120 valence electrons. The molecular weight excluding hydrogens is 312 g/mol. The van der Waals surface area contributed by atoms with Crippen molar-refractivity contribution in [2.24, 2.45) is 0 Å². The maximum absolute atomic E-state index is 14.5. The number of halogens is 1. The molecule has 1 aliphatic heterocycles. The Morgan fingerprint density at radius 1 is 1.17 bits per heavy atom. The van der Waals surface area contributed by atoms with E-state index in [-0.39, 0.29) is 0 Å². The van der Waals surface area contributed by atoms with Gasteiger partial charge in [-0.15, -0.1) is 0 Å². The zero-order valence-electron chi connectivity index (χ0n) is 13.7. The summed E-state index contributed by atoms with van der Waals surface area (Å²) in [5, 5.41) is 4.04. The summed E-state index contributed by atoms with van der Waals surface area (Å²) in [5.41, 5.74) is 1.16. The Labute approximate surface area is 140 Å². The van der Waals surface area contributed by atoms with Gasteiger partial charge in [0.2, 0.25) is 0 Å². The third kappa shape index (κ3) is 3.25. The van der Waals surface area contributed by atoms with Crippen LogP contribution < -0.4 is 0 Å². The van der Waals surface area contributed by atoms with Crippen LogP contribution in [0.5, 0.6) is 0 Å². The van der Waals surface area contributed by atoms with E-state index in [9.17, 15) is 4.39 Å². The quantitative estimate of drug-likeness (QED) is 0.761. The smallest absolute Gasteiger partial charge is 0.398 e. The number of hydrogen-bond donors (Lipinski definition) is 0. The van der Waals surface area contributed by atoms with Crippen molar-refractivity contribution in [2.75, 3.05) is 0 Å². The normalized spacial score (nSPS) is 20.0. The Hall–Kier alpha value is -1.50. The highest BCUT2D eigenvalue weighted by Crippen LogP contribution is 2.39. The molecule has 1 aliphatic rings. The van der Waals surface area contributed by atoms with Crippen molar-refractivity contribution < 1.29 is 13.7 Å². The Morgan fingerprint density at radius 2 is 1.87 bits per heavy atom. The fraction of sp³-hybridized carbons (Fsp3) is 0.353. The molecule has 3 nitrogen and oxygen atoms in total. The molecule has 0 amide bonds. The first-order chi connectivity index (χ1) is 10.8. The van der Waals surface area contributed by atoms with Crippen molar-refractivity contribution in [1.82, 2.24) is 4.98 Å². The SMILES string of the molecule is CC1(C)OB(C(F)=Cc2cncc(-c3ccsc3)c2)OC1(C)C.